The summed E-state index contributed by atoms with van der Waals surface area (Å²) in [6, 6.07) is 6.13. The van der Waals surface area contributed by atoms with Crippen LogP contribution in [0.15, 0.2) is 30.6 Å². The Morgan fingerprint density at radius 2 is 1.96 bits per heavy atom. The first-order valence-corrected chi connectivity index (χ1v) is 7.93. The van der Waals surface area contributed by atoms with Crippen LogP contribution in [0.4, 0.5) is 11.5 Å². The number of aryl methyl sites for hydroxylation is 2. The van der Waals surface area contributed by atoms with Crippen LogP contribution in [0.2, 0.25) is 0 Å². The molecule has 0 bridgehead atoms. The van der Waals surface area contributed by atoms with Crippen molar-refractivity contribution in [3.63, 3.8) is 0 Å². The molecule has 122 valence electrons. The zero-order valence-corrected chi connectivity index (χ0v) is 14.3. The number of hydrogen-bond donors (Lipinski definition) is 1. The van der Waals surface area contributed by atoms with Crippen molar-refractivity contribution in [3.8, 4) is 0 Å². The third-order valence-corrected chi connectivity index (χ3v) is 3.84. The van der Waals surface area contributed by atoms with E-state index in [1.807, 2.05) is 6.07 Å². The van der Waals surface area contributed by atoms with Crippen molar-refractivity contribution in [1.29, 1.82) is 0 Å². The van der Waals surface area contributed by atoms with E-state index in [-0.39, 0.29) is 5.91 Å². The Labute approximate surface area is 137 Å². The number of hydrogen-bond acceptors (Lipinski definition) is 4. The van der Waals surface area contributed by atoms with Crippen molar-refractivity contribution in [1.82, 2.24) is 14.9 Å². The summed E-state index contributed by atoms with van der Waals surface area (Å²) in [7, 11) is 1.79. The van der Waals surface area contributed by atoms with Crippen LogP contribution in [0.5, 0.6) is 0 Å². The molecule has 1 heterocycles. The third-order valence-electron chi connectivity index (χ3n) is 3.84. The van der Waals surface area contributed by atoms with Gasteiger partial charge in [-0.05, 0) is 43.5 Å². The molecule has 0 unspecified atom stereocenters. The van der Waals surface area contributed by atoms with Gasteiger partial charge in [-0.15, -0.1) is 0 Å². The normalized spacial score (nSPS) is 10.4. The summed E-state index contributed by atoms with van der Waals surface area (Å²) in [6.07, 6.45) is 5.16. The first-order chi connectivity index (χ1) is 11.0. The average Bonchev–Trinajstić information content (AvgIpc) is 2.56. The fraction of sp³-hybridized carbons (Fsp3) is 0.389. The third kappa shape index (κ3) is 4.52. The standard InChI is InChI=1S/C18H24N4O/c1-5-6-9-22(4)18(23)16-11-20-17(12-19-16)21-15-8-7-13(2)14(3)10-15/h7-8,10-12H,5-6,9H2,1-4H3,(H,20,21). The number of rotatable bonds is 6. The molecule has 0 radical (unpaired) electrons. The highest BCUT2D eigenvalue weighted by Crippen LogP contribution is 2.17. The van der Waals surface area contributed by atoms with E-state index in [1.54, 1.807) is 18.1 Å². The lowest BCUT2D eigenvalue weighted by molar-refractivity contribution is 0.0787. The van der Waals surface area contributed by atoms with E-state index in [0.29, 0.717) is 11.5 Å². The first-order valence-electron chi connectivity index (χ1n) is 7.93. The highest BCUT2D eigenvalue weighted by molar-refractivity contribution is 5.91. The lowest BCUT2D eigenvalue weighted by Crippen LogP contribution is -2.28. The second-order valence-electron chi connectivity index (χ2n) is 5.79. The van der Waals surface area contributed by atoms with Gasteiger partial charge < -0.3 is 10.2 Å². The molecule has 1 amide bonds. The van der Waals surface area contributed by atoms with E-state index < -0.39 is 0 Å². The molecule has 0 spiro atoms. The number of carbonyl (C=O) groups excluding carboxylic acids is 1. The fourth-order valence-corrected chi connectivity index (χ4v) is 2.16. The summed E-state index contributed by atoms with van der Waals surface area (Å²) in [4.78, 5) is 22.4. The SMILES string of the molecule is CCCCN(C)C(=O)c1cnc(Nc2ccc(C)c(C)c2)cn1. The summed E-state index contributed by atoms with van der Waals surface area (Å²) in [5.74, 6) is 0.532. The number of anilines is 2. The number of amides is 1. The Morgan fingerprint density at radius 3 is 2.57 bits per heavy atom. The van der Waals surface area contributed by atoms with Gasteiger partial charge in [0.25, 0.3) is 5.91 Å². The highest BCUT2D eigenvalue weighted by Gasteiger charge is 2.13. The lowest BCUT2D eigenvalue weighted by atomic mass is 10.1. The zero-order chi connectivity index (χ0) is 16.8. The molecule has 2 rings (SSSR count). The first kappa shape index (κ1) is 16.9. The topological polar surface area (TPSA) is 58.1 Å². The Hall–Kier alpha value is -2.43. The van der Waals surface area contributed by atoms with Gasteiger partial charge in [0, 0.05) is 19.3 Å². The molecule has 5 nitrogen and oxygen atoms in total. The zero-order valence-electron chi connectivity index (χ0n) is 14.3. The van der Waals surface area contributed by atoms with Crippen molar-refractivity contribution < 1.29 is 4.79 Å². The van der Waals surface area contributed by atoms with Gasteiger partial charge in [0.2, 0.25) is 0 Å². The molecular weight excluding hydrogens is 288 g/mol. The van der Waals surface area contributed by atoms with E-state index in [0.717, 1.165) is 25.1 Å². The van der Waals surface area contributed by atoms with E-state index in [9.17, 15) is 4.79 Å². The maximum Gasteiger partial charge on any atom is 0.273 e. The Bertz CT molecular complexity index is 667. The quantitative estimate of drug-likeness (QED) is 0.883. The van der Waals surface area contributed by atoms with Crippen LogP contribution in [-0.4, -0.2) is 34.4 Å². The molecule has 0 saturated carbocycles. The summed E-state index contributed by atoms with van der Waals surface area (Å²) in [5, 5.41) is 3.20. The molecular formula is C18H24N4O. The van der Waals surface area contributed by atoms with Crippen LogP contribution in [0.3, 0.4) is 0 Å². The maximum absolute atomic E-state index is 12.2. The summed E-state index contributed by atoms with van der Waals surface area (Å²) < 4.78 is 0. The van der Waals surface area contributed by atoms with E-state index in [4.69, 9.17) is 0 Å². The van der Waals surface area contributed by atoms with Crippen molar-refractivity contribution in [2.75, 3.05) is 18.9 Å². The lowest BCUT2D eigenvalue weighted by Gasteiger charge is -2.16. The highest BCUT2D eigenvalue weighted by atomic mass is 16.2. The molecule has 0 aliphatic rings. The predicted octanol–water partition coefficient (Wildman–Crippen LogP) is 3.71. The van der Waals surface area contributed by atoms with Gasteiger partial charge in [0.15, 0.2) is 0 Å². The van der Waals surface area contributed by atoms with Crippen molar-refractivity contribution in [3.05, 3.63) is 47.4 Å². The van der Waals surface area contributed by atoms with Gasteiger partial charge in [-0.25, -0.2) is 9.97 Å². The number of benzene rings is 1. The van der Waals surface area contributed by atoms with E-state index >= 15 is 0 Å². The van der Waals surface area contributed by atoms with Gasteiger partial charge in [0.05, 0.1) is 12.4 Å². The van der Waals surface area contributed by atoms with Gasteiger partial charge in [-0.1, -0.05) is 19.4 Å². The number of carbonyl (C=O) groups is 1. The van der Waals surface area contributed by atoms with Crippen LogP contribution >= 0.6 is 0 Å². The van der Waals surface area contributed by atoms with Crippen LogP contribution in [0.1, 0.15) is 41.4 Å². The Kier molecular flexibility index (Phi) is 5.68. The maximum atomic E-state index is 12.2. The van der Waals surface area contributed by atoms with Gasteiger partial charge in [-0.2, -0.15) is 0 Å². The molecule has 0 atom stereocenters. The molecule has 1 N–H and O–H groups in total. The Balaban J connectivity index is 2.04. The second-order valence-corrected chi connectivity index (χ2v) is 5.79. The number of nitrogens with zero attached hydrogens (tertiary/aromatic N) is 3. The molecule has 1 aromatic heterocycles. The molecule has 2 aromatic rings. The summed E-state index contributed by atoms with van der Waals surface area (Å²) in [5.41, 5.74) is 3.79. The minimum Gasteiger partial charge on any atom is -0.340 e. The molecule has 5 heteroatoms. The minimum absolute atomic E-state index is 0.0938. The second kappa shape index (κ2) is 7.72. The summed E-state index contributed by atoms with van der Waals surface area (Å²) >= 11 is 0. The average molecular weight is 312 g/mol. The van der Waals surface area contributed by atoms with Gasteiger partial charge in [-0.3, -0.25) is 4.79 Å². The minimum atomic E-state index is -0.0938. The van der Waals surface area contributed by atoms with Gasteiger partial charge in [0.1, 0.15) is 11.5 Å². The van der Waals surface area contributed by atoms with Crippen molar-refractivity contribution in [2.24, 2.45) is 0 Å². The van der Waals surface area contributed by atoms with Crippen LogP contribution in [0.25, 0.3) is 0 Å². The van der Waals surface area contributed by atoms with E-state index in [1.165, 1.54) is 17.3 Å². The van der Waals surface area contributed by atoms with Crippen LogP contribution in [0, 0.1) is 13.8 Å². The molecule has 0 aliphatic carbocycles. The number of aromatic nitrogens is 2. The fourth-order valence-electron chi connectivity index (χ4n) is 2.16. The van der Waals surface area contributed by atoms with E-state index in [2.05, 4.69) is 48.2 Å². The van der Waals surface area contributed by atoms with Gasteiger partial charge >= 0.3 is 0 Å². The van der Waals surface area contributed by atoms with Crippen LogP contribution < -0.4 is 5.32 Å². The smallest absolute Gasteiger partial charge is 0.273 e. The number of unbranched alkanes of at least 4 members (excludes halogenated alkanes) is 1. The number of nitrogens with one attached hydrogen (secondary N) is 1. The largest absolute Gasteiger partial charge is 0.340 e. The molecule has 0 fully saturated rings. The monoisotopic (exact) mass is 312 g/mol. The van der Waals surface area contributed by atoms with Crippen LogP contribution in [-0.2, 0) is 0 Å². The summed E-state index contributed by atoms with van der Waals surface area (Å²) in [6.45, 7) is 6.99. The van der Waals surface area contributed by atoms with Crippen molar-refractivity contribution >= 4 is 17.4 Å². The van der Waals surface area contributed by atoms with Crippen molar-refractivity contribution in [2.45, 2.75) is 33.6 Å². The Morgan fingerprint density at radius 1 is 1.17 bits per heavy atom. The predicted molar refractivity (Wildman–Crippen MR) is 93.1 cm³/mol. The molecule has 0 aliphatic heterocycles. The molecule has 23 heavy (non-hydrogen) atoms. The molecule has 1 aromatic carbocycles. The molecule has 0 saturated heterocycles.